The molecule has 0 aliphatic carbocycles. The summed E-state index contributed by atoms with van der Waals surface area (Å²) in [5.41, 5.74) is 0.926. The Bertz CT molecular complexity index is 523. The molecule has 0 spiro atoms. The minimum atomic E-state index is -0.139. The summed E-state index contributed by atoms with van der Waals surface area (Å²) in [6.45, 7) is 3.95. The largest absolute Gasteiger partial charge is 0.491 e. The number of carbonyl (C=O) groups excluding carboxylic acids is 1. The van der Waals surface area contributed by atoms with Gasteiger partial charge in [-0.3, -0.25) is 4.79 Å². The highest BCUT2D eigenvalue weighted by molar-refractivity contribution is 8.26. The van der Waals surface area contributed by atoms with Gasteiger partial charge in [-0.05, 0) is 37.6 Å². The van der Waals surface area contributed by atoms with Crippen LogP contribution in [0.5, 0.6) is 5.75 Å². The number of amides is 1. The topological polar surface area (TPSA) is 38.3 Å². The maximum atomic E-state index is 11.5. The molecule has 2 rings (SSSR count). The first-order valence-electron chi connectivity index (χ1n) is 5.56. The smallest absolute Gasteiger partial charge is 0.263 e. The van der Waals surface area contributed by atoms with Crippen molar-refractivity contribution in [1.29, 1.82) is 0 Å². The normalized spacial score (nSPS) is 17.4. The predicted molar refractivity (Wildman–Crippen MR) is 78.5 cm³/mol. The molecule has 1 saturated heterocycles. The van der Waals surface area contributed by atoms with Crippen molar-refractivity contribution in [2.75, 3.05) is 0 Å². The summed E-state index contributed by atoms with van der Waals surface area (Å²) in [4.78, 5) is 12.1. The Labute approximate surface area is 116 Å². The molecule has 0 saturated carbocycles. The number of nitrogens with one attached hydrogen (secondary N) is 1. The first-order valence-corrected chi connectivity index (χ1v) is 6.78. The van der Waals surface area contributed by atoms with Crippen molar-refractivity contribution in [2.24, 2.45) is 0 Å². The number of hydrogen-bond donors (Lipinski definition) is 1. The molecule has 1 amide bonds. The minimum Gasteiger partial charge on any atom is -0.491 e. The van der Waals surface area contributed by atoms with Gasteiger partial charge in [0, 0.05) is 0 Å². The molecule has 1 fully saturated rings. The van der Waals surface area contributed by atoms with Crippen LogP contribution in [0.25, 0.3) is 6.08 Å². The Morgan fingerprint density at radius 2 is 2.22 bits per heavy atom. The van der Waals surface area contributed by atoms with Crippen LogP contribution in [0.4, 0.5) is 0 Å². The zero-order valence-corrected chi connectivity index (χ0v) is 11.7. The van der Waals surface area contributed by atoms with Crippen LogP contribution in [0, 0.1) is 0 Å². The monoisotopic (exact) mass is 279 g/mol. The van der Waals surface area contributed by atoms with E-state index in [1.807, 2.05) is 44.2 Å². The predicted octanol–water partition coefficient (Wildman–Crippen LogP) is 2.96. The lowest BCUT2D eigenvalue weighted by Gasteiger charge is -2.09. The zero-order chi connectivity index (χ0) is 13.1. The minimum absolute atomic E-state index is 0.129. The number of rotatable bonds is 3. The van der Waals surface area contributed by atoms with Crippen LogP contribution >= 0.6 is 24.0 Å². The number of hydrogen-bond acceptors (Lipinski definition) is 4. The summed E-state index contributed by atoms with van der Waals surface area (Å²) < 4.78 is 6.11. The van der Waals surface area contributed by atoms with Crippen LogP contribution in [0.15, 0.2) is 29.2 Å². The summed E-state index contributed by atoms with van der Waals surface area (Å²) in [7, 11) is 0. The van der Waals surface area contributed by atoms with E-state index in [2.05, 4.69) is 5.32 Å². The molecule has 0 bridgehead atoms. The number of thioether (sulfide) groups is 1. The molecule has 3 nitrogen and oxygen atoms in total. The van der Waals surface area contributed by atoms with Gasteiger partial charge in [-0.1, -0.05) is 36.1 Å². The highest BCUT2D eigenvalue weighted by Gasteiger charge is 2.21. The highest BCUT2D eigenvalue weighted by atomic mass is 32.2. The number of carbonyl (C=O) groups is 1. The summed E-state index contributed by atoms with van der Waals surface area (Å²) >= 11 is 6.22. The quantitative estimate of drug-likeness (QED) is 0.682. The van der Waals surface area contributed by atoms with Crippen molar-refractivity contribution in [1.82, 2.24) is 5.32 Å². The highest BCUT2D eigenvalue weighted by Crippen LogP contribution is 2.26. The van der Waals surface area contributed by atoms with Crippen molar-refractivity contribution in [3.63, 3.8) is 0 Å². The molecule has 0 unspecified atom stereocenters. The van der Waals surface area contributed by atoms with E-state index in [9.17, 15) is 4.79 Å². The molecule has 0 atom stereocenters. The van der Waals surface area contributed by atoms with E-state index in [1.54, 1.807) is 0 Å². The fourth-order valence-corrected chi connectivity index (χ4v) is 2.57. The van der Waals surface area contributed by atoms with Gasteiger partial charge in [0.15, 0.2) is 0 Å². The maximum absolute atomic E-state index is 11.5. The third-order valence-electron chi connectivity index (χ3n) is 2.17. The summed E-state index contributed by atoms with van der Waals surface area (Å²) in [6, 6.07) is 7.63. The molecule has 1 aromatic carbocycles. The summed E-state index contributed by atoms with van der Waals surface area (Å²) in [5.74, 6) is 0.658. The Balaban J connectivity index is 2.21. The van der Waals surface area contributed by atoms with Crippen molar-refractivity contribution in [3.8, 4) is 5.75 Å². The molecule has 1 aliphatic heterocycles. The van der Waals surface area contributed by atoms with Gasteiger partial charge in [0.2, 0.25) is 0 Å². The number of thiocarbonyl (C=S) groups is 1. The second-order valence-electron chi connectivity index (χ2n) is 4.09. The maximum Gasteiger partial charge on any atom is 0.263 e. The van der Waals surface area contributed by atoms with Crippen molar-refractivity contribution >= 4 is 40.3 Å². The lowest BCUT2D eigenvalue weighted by molar-refractivity contribution is -0.115. The summed E-state index contributed by atoms with van der Waals surface area (Å²) in [6.07, 6.45) is 1.94. The lowest BCUT2D eigenvalue weighted by atomic mass is 10.2. The average molecular weight is 279 g/mol. The van der Waals surface area contributed by atoms with Crippen LogP contribution in [0.3, 0.4) is 0 Å². The van der Waals surface area contributed by atoms with Gasteiger partial charge in [0.25, 0.3) is 5.91 Å². The Hall–Kier alpha value is -1.33. The van der Waals surface area contributed by atoms with E-state index in [4.69, 9.17) is 17.0 Å². The van der Waals surface area contributed by atoms with Crippen LogP contribution in [-0.4, -0.2) is 16.3 Å². The second-order valence-corrected chi connectivity index (χ2v) is 5.81. The van der Waals surface area contributed by atoms with Gasteiger partial charge in [0.1, 0.15) is 10.1 Å². The van der Waals surface area contributed by atoms with Gasteiger partial charge < -0.3 is 10.1 Å². The molecule has 5 heteroatoms. The van der Waals surface area contributed by atoms with E-state index in [-0.39, 0.29) is 12.0 Å². The number of ether oxygens (including phenoxy) is 1. The molecule has 1 N–H and O–H groups in total. The van der Waals surface area contributed by atoms with Gasteiger partial charge in [0.05, 0.1) is 11.0 Å². The molecule has 1 aliphatic rings. The Morgan fingerprint density at radius 3 is 2.83 bits per heavy atom. The average Bonchev–Trinajstić information content (AvgIpc) is 2.57. The third kappa shape index (κ3) is 3.34. The van der Waals surface area contributed by atoms with E-state index in [0.29, 0.717) is 9.23 Å². The van der Waals surface area contributed by atoms with Gasteiger partial charge >= 0.3 is 0 Å². The lowest BCUT2D eigenvalue weighted by Crippen LogP contribution is -2.17. The van der Waals surface area contributed by atoms with E-state index in [1.165, 1.54) is 11.8 Å². The second kappa shape index (κ2) is 5.54. The SMILES string of the molecule is CC(C)Oc1cccc(C=C2SC(=S)NC2=O)c1. The van der Waals surface area contributed by atoms with Crippen molar-refractivity contribution in [2.45, 2.75) is 20.0 Å². The van der Waals surface area contributed by atoms with Crippen LogP contribution in [-0.2, 0) is 4.79 Å². The van der Waals surface area contributed by atoms with Crippen LogP contribution in [0.2, 0.25) is 0 Å². The van der Waals surface area contributed by atoms with Crippen LogP contribution in [0.1, 0.15) is 19.4 Å². The van der Waals surface area contributed by atoms with Gasteiger partial charge in [-0.2, -0.15) is 0 Å². The first-order chi connectivity index (χ1) is 8.54. The standard InChI is InChI=1S/C13H13NO2S2/c1-8(2)16-10-5-3-4-9(6-10)7-11-12(15)14-13(17)18-11/h3-8H,1-2H3,(H,14,15,17). The molecule has 1 aromatic rings. The van der Waals surface area contributed by atoms with E-state index < -0.39 is 0 Å². The van der Waals surface area contributed by atoms with Crippen molar-refractivity contribution < 1.29 is 9.53 Å². The third-order valence-corrected chi connectivity index (χ3v) is 3.33. The van der Waals surface area contributed by atoms with Crippen molar-refractivity contribution in [3.05, 3.63) is 34.7 Å². The van der Waals surface area contributed by atoms with Gasteiger partial charge in [-0.15, -0.1) is 0 Å². The molecule has 18 heavy (non-hydrogen) atoms. The molecule has 0 radical (unpaired) electrons. The molecular weight excluding hydrogens is 266 g/mol. The number of benzene rings is 1. The zero-order valence-electron chi connectivity index (χ0n) is 10.1. The fourth-order valence-electron chi connectivity index (χ4n) is 1.52. The molecule has 0 aromatic heterocycles. The molecular formula is C13H13NO2S2. The fraction of sp³-hybridized carbons (Fsp3) is 0.231. The molecule has 1 heterocycles. The van der Waals surface area contributed by atoms with Gasteiger partial charge in [-0.25, -0.2) is 0 Å². The Kier molecular flexibility index (Phi) is 4.04. The summed E-state index contributed by atoms with van der Waals surface area (Å²) in [5, 5.41) is 2.59. The van der Waals surface area contributed by atoms with Crippen LogP contribution < -0.4 is 10.1 Å². The first kappa shape index (κ1) is 13.1. The molecule has 94 valence electrons. The Morgan fingerprint density at radius 1 is 1.44 bits per heavy atom. The van der Waals surface area contributed by atoms with E-state index >= 15 is 0 Å². The van der Waals surface area contributed by atoms with E-state index in [0.717, 1.165) is 11.3 Å².